The second kappa shape index (κ2) is 4.63. The predicted octanol–water partition coefficient (Wildman–Crippen LogP) is 3.06. The molecule has 0 radical (unpaired) electrons. The van der Waals surface area contributed by atoms with Gasteiger partial charge in [0.2, 0.25) is 0 Å². The Morgan fingerprint density at radius 3 is 2.59 bits per heavy atom. The molecule has 0 bridgehead atoms. The molecule has 5 heteroatoms. The van der Waals surface area contributed by atoms with E-state index in [1.165, 1.54) is 0 Å². The van der Waals surface area contributed by atoms with Gasteiger partial charge in [0.15, 0.2) is 0 Å². The van der Waals surface area contributed by atoms with E-state index in [0.29, 0.717) is 17.3 Å². The molecule has 0 atom stereocenters. The molecule has 1 aromatic heterocycles. The molecule has 1 aromatic carbocycles. The number of nitrogen functional groups attached to an aromatic ring is 2. The van der Waals surface area contributed by atoms with Crippen molar-refractivity contribution in [3.05, 3.63) is 40.4 Å². The molecule has 17 heavy (non-hydrogen) atoms. The van der Waals surface area contributed by atoms with Crippen LogP contribution < -0.4 is 16.8 Å². The van der Waals surface area contributed by atoms with Crippen molar-refractivity contribution in [2.45, 2.75) is 6.92 Å². The normalized spacial score (nSPS) is 10.2. The fourth-order valence-electron chi connectivity index (χ4n) is 1.43. The number of pyridine rings is 1. The minimum absolute atomic E-state index is 0.337. The Hall–Kier alpha value is -1.75. The van der Waals surface area contributed by atoms with E-state index < -0.39 is 0 Å². The van der Waals surface area contributed by atoms with Crippen LogP contribution in [0.25, 0.3) is 0 Å². The lowest BCUT2D eigenvalue weighted by atomic mass is 10.2. The van der Waals surface area contributed by atoms with Crippen molar-refractivity contribution >= 4 is 38.9 Å². The van der Waals surface area contributed by atoms with Crippen molar-refractivity contribution in [3.63, 3.8) is 0 Å². The van der Waals surface area contributed by atoms with Crippen LogP contribution in [0.5, 0.6) is 0 Å². The second-order valence-corrected chi connectivity index (χ2v) is 4.61. The fraction of sp³-hybridized carbons (Fsp3) is 0.0833. The summed E-state index contributed by atoms with van der Waals surface area (Å²) < 4.78 is 1.08. The molecule has 0 aliphatic carbocycles. The third-order valence-corrected chi connectivity index (χ3v) is 3.28. The highest BCUT2D eigenvalue weighted by atomic mass is 79.9. The summed E-state index contributed by atoms with van der Waals surface area (Å²) in [7, 11) is 0. The van der Waals surface area contributed by atoms with Crippen LogP contribution in [0, 0.1) is 6.92 Å². The van der Waals surface area contributed by atoms with Gasteiger partial charge in [0, 0.05) is 10.2 Å². The smallest absolute Gasteiger partial charge is 0.149 e. The van der Waals surface area contributed by atoms with E-state index in [1.54, 1.807) is 12.1 Å². The Bertz CT molecular complexity index is 505. The largest absolute Gasteiger partial charge is 0.396 e. The number of rotatable bonds is 2. The lowest BCUT2D eigenvalue weighted by Gasteiger charge is -2.08. The highest BCUT2D eigenvalue weighted by molar-refractivity contribution is 9.10. The minimum atomic E-state index is 0.337. The van der Waals surface area contributed by atoms with E-state index in [4.69, 9.17) is 11.5 Å². The van der Waals surface area contributed by atoms with Gasteiger partial charge in [0.05, 0.1) is 5.69 Å². The van der Waals surface area contributed by atoms with Crippen LogP contribution in [0.15, 0.2) is 34.8 Å². The predicted molar refractivity (Wildman–Crippen MR) is 75.2 cm³/mol. The first-order valence-electron chi connectivity index (χ1n) is 5.11. The Balaban J connectivity index is 2.25. The summed E-state index contributed by atoms with van der Waals surface area (Å²) in [6.07, 6.45) is 0. The van der Waals surface area contributed by atoms with Gasteiger partial charge in [-0.1, -0.05) is 15.9 Å². The molecule has 0 saturated heterocycles. The number of benzene rings is 1. The molecule has 0 spiro atoms. The van der Waals surface area contributed by atoms with Gasteiger partial charge in [-0.25, -0.2) is 4.98 Å². The number of aromatic nitrogens is 1. The Kier molecular flexibility index (Phi) is 3.19. The van der Waals surface area contributed by atoms with Gasteiger partial charge in [0.25, 0.3) is 0 Å². The number of hydrogen-bond donors (Lipinski definition) is 3. The van der Waals surface area contributed by atoms with E-state index in [1.807, 2.05) is 25.1 Å². The molecule has 0 aliphatic rings. The van der Waals surface area contributed by atoms with Crippen LogP contribution in [-0.4, -0.2) is 4.98 Å². The lowest BCUT2D eigenvalue weighted by molar-refractivity contribution is 1.31. The molecule has 2 rings (SSSR count). The molecule has 4 nitrogen and oxygen atoms in total. The number of anilines is 4. The average Bonchev–Trinajstić information content (AvgIpc) is 2.29. The molecule has 0 amide bonds. The zero-order chi connectivity index (χ0) is 12.4. The Morgan fingerprint density at radius 2 is 1.94 bits per heavy atom. The number of nitrogens with one attached hydrogen (secondary N) is 1. The van der Waals surface area contributed by atoms with Crippen LogP contribution in [0.2, 0.25) is 0 Å². The number of hydrogen-bond acceptors (Lipinski definition) is 4. The topological polar surface area (TPSA) is 77.0 Å². The molecule has 0 fully saturated rings. The second-order valence-electron chi connectivity index (χ2n) is 3.76. The van der Waals surface area contributed by atoms with Crippen molar-refractivity contribution in [2.24, 2.45) is 0 Å². The standard InChI is InChI=1S/C12H13BrN4/c1-7-6-8(2-3-9(7)13)16-11-5-4-10(14)12(15)17-11/h2-6H,14H2,1H3,(H3,15,16,17). The van der Waals surface area contributed by atoms with Crippen LogP contribution in [-0.2, 0) is 0 Å². The summed E-state index contributed by atoms with van der Waals surface area (Å²) in [4.78, 5) is 4.15. The summed E-state index contributed by atoms with van der Waals surface area (Å²) in [6, 6.07) is 9.50. The molecule has 1 heterocycles. The Morgan fingerprint density at radius 1 is 1.18 bits per heavy atom. The third kappa shape index (κ3) is 2.68. The lowest BCUT2D eigenvalue weighted by Crippen LogP contribution is -2.01. The maximum Gasteiger partial charge on any atom is 0.149 e. The van der Waals surface area contributed by atoms with E-state index >= 15 is 0 Å². The van der Waals surface area contributed by atoms with Gasteiger partial charge in [-0.15, -0.1) is 0 Å². The molecular weight excluding hydrogens is 280 g/mol. The summed E-state index contributed by atoms with van der Waals surface area (Å²) in [5.74, 6) is 1.02. The van der Waals surface area contributed by atoms with Gasteiger partial charge in [-0.3, -0.25) is 0 Å². The maximum atomic E-state index is 5.64. The molecule has 2 aromatic rings. The number of nitrogens with zero attached hydrogens (tertiary/aromatic N) is 1. The van der Waals surface area contributed by atoms with Crippen molar-refractivity contribution in [2.75, 3.05) is 16.8 Å². The Labute approximate surface area is 108 Å². The van der Waals surface area contributed by atoms with Gasteiger partial charge in [0.1, 0.15) is 11.6 Å². The zero-order valence-electron chi connectivity index (χ0n) is 9.37. The molecule has 0 unspecified atom stereocenters. The van der Waals surface area contributed by atoms with Gasteiger partial charge >= 0.3 is 0 Å². The highest BCUT2D eigenvalue weighted by Crippen LogP contribution is 2.23. The summed E-state index contributed by atoms with van der Waals surface area (Å²) in [5, 5.41) is 3.17. The maximum absolute atomic E-state index is 5.64. The summed E-state index contributed by atoms with van der Waals surface area (Å²) in [5.41, 5.74) is 13.8. The highest BCUT2D eigenvalue weighted by Gasteiger charge is 2.01. The summed E-state index contributed by atoms with van der Waals surface area (Å²) >= 11 is 3.46. The van der Waals surface area contributed by atoms with Crippen molar-refractivity contribution in [1.82, 2.24) is 4.98 Å². The third-order valence-electron chi connectivity index (χ3n) is 2.39. The van der Waals surface area contributed by atoms with Crippen molar-refractivity contribution in [1.29, 1.82) is 0 Å². The molecular formula is C12H13BrN4. The fourth-order valence-corrected chi connectivity index (χ4v) is 1.67. The first kappa shape index (κ1) is 11.7. The first-order valence-corrected chi connectivity index (χ1v) is 5.91. The summed E-state index contributed by atoms with van der Waals surface area (Å²) in [6.45, 7) is 2.03. The number of aryl methyl sites for hydroxylation is 1. The van der Waals surface area contributed by atoms with E-state index in [2.05, 4.69) is 26.2 Å². The molecule has 88 valence electrons. The van der Waals surface area contributed by atoms with E-state index in [-0.39, 0.29) is 0 Å². The first-order chi connectivity index (χ1) is 8.06. The average molecular weight is 293 g/mol. The minimum Gasteiger partial charge on any atom is -0.396 e. The number of halogens is 1. The molecule has 5 N–H and O–H groups in total. The van der Waals surface area contributed by atoms with Crippen molar-refractivity contribution in [3.8, 4) is 0 Å². The van der Waals surface area contributed by atoms with Gasteiger partial charge in [-0.05, 0) is 42.8 Å². The van der Waals surface area contributed by atoms with Crippen LogP contribution >= 0.6 is 15.9 Å². The van der Waals surface area contributed by atoms with E-state index in [9.17, 15) is 0 Å². The van der Waals surface area contributed by atoms with Crippen molar-refractivity contribution < 1.29 is 0 Å². The quantitative estimate of drug-likeness (QED) is 0.795. The molecule has 0 aliphatic heterocycles. The van der Waals surface area contributed by atoms with Crippen LogP contribution in [0.3, 0.4) is 0 Å². The SMILES string of the molecule is Cc1cc(Nc2ccc(N)c(N)n2)ccc1Br. The molecule has 0 saturated carbocycles. The van der Waals surface area contributed by atoms with Crippen LogP contribution in [0.1, 0.15) is 5.56 Å². The van der Waals surface area contributed by atoms with Gasteiger partial charge in [-0.2, -0.15) is 0 Å². The monoisotopic (exact) mass is 292 g/mol. The zero-order valence-corrected chi connectivity index (χ0v) is 11.0. The van der Waals surface area contributed by atoms with Crippen LogP contribution in [0.4, 0.5) is 23.0 Å². The number of nitrogens with two attached hydrogens (primary N) is 2. The van der Waals surface area contributed by atoms with E-state index in [0.717, 1.165) is 15.7 Å². The van der Waals surface area contributed by atoms with Gasteiger partial charge < -0.3 is 16.8 Å².